The highest BCUT2D eigenvalue weighted by atomic mass is 19.3. The van der Waals surface area contributed by atoms with Crippen LogP contribution in [-0.2, 0) is 11.3 Å². The molecule has 0 aliphatic carbocycles. The molecule has 0 bridgehead atoms. The van der Waals surface area contributed by atoms with E-state index in [1.807, 2.05) is 0 Å². The van der Waals surface area contributed by atoms with Crippen molar-refractivity contribution in [1.82, 2.24) is 5.32 Å². The Hall–Kier alpha value is -1.40. The zero-order valence-electron chi connectivity index (χ0n) is 11.8. The molecule has 0 fully saturated rings. The number of benzene rings is 1. The van der Waals surface area contributed by atoms with Crippen molar-refractivity contribution in [2.24, 2.45) is 0 Å². The molecule has 4 nitrogen and oxygen atoms in total. The maximum atomic E-state index is 12.4. The molecule has 1 aromatic rings. The fourth-order valence-corrected chi connectivity index (χ4v) is 1.80. The van der Waals surface area contributed by atoms with Gasteiger partial charge in [0.15, 0.2) is 11.5 Å². The van der Waals surface area contributed by atoms with Gasteiger partial charge in [0.25, 0.3) is 0 Å². The van der Waals surface area contributed by atoms with Gasteiger partial charge in [0, 0.05) is 25.8 Å². The summed E-state index contributed by atoms with van der Waals surface area (Å²) in [7, 11) is 3.09. The number of hydrogen-bond acceptors (Lipinski definition) is 4. The van der Waals surface area contributed by atoms with Crippen molar-refractivity contribution in [3.63, 3.8) is 0 Å². The lowest BCUT2D eigenvalue weighted by atomic mass is 10.2. The lowest BCUT2D eigenvalue weighted by molar-refractivity contribution is -0.0518. The molecule has 20 heavy (non-hydrogen) atoms. The highest BCUT2D eigenvalue weighted by Crippen LogP contribution is 2.32. The largest absolute Gasteiger partial charge is 0.493 e. The minimum atomic E-state index is -2.87. The van der Waals surface area contributed by atoms with Crippen LogP contribution in [0.4, 0.5) is 8.78 Å². The summed E-state index contributed by atoms with van der Waals surface area (Å²) in [5, 5.41) is 3.19. The number of methoxy groups -OCH3 is 2. The molecular formula is C14H21F2NO3. The molecule has 0 atom stereocenters. The molecule has 0 aliphatic heterocycles. The van der Waals surface area contributed by atoms with Crippen molar-refractivity contribution in [2.45, 2.75) is 26.0 Å². The normalized spacial score (nSPS) is 10.8. The van der Waals surface area contributed by atoms with Gasteiger partial charge in [-0.1, -0.05) is 12.1 Å². The molecule has 1 N–H and O–H groups in total. The highest BCUT2D eigenvalue weighted by Gasteiger charge is 2.14. The Bertz CT molecular complexity index is 389. The molecule has 0 aromatic heterocycles. The van der Waals surface area contributed by atoms with Gasteiger partial charge in [-0.25, -0.2) is 0 Å². The molecule has 0 saturated heterocycles. The van der Waals surface area contributed by atoms with Crippen LogP contribution in [0.25, 0.3) is 0 Å². The van der Waals surface area contributed by atoms with Crippen molar-refractivity contribution in [2.75, 3.05) is 27.4 Å². The smallest absolute Gasteiger partial charge is 0.387 e. The van der Waals surface area contributed by atoms with Gasteiger partial charge >= 0.3 is 6.61 Å². The average molecular weight is 289 g/mol. The van der Waals surface area contributed by atoms with Gasteiger partial charge in [0.05, 0.1) is 7.11 Å². The van der Waals surface area contributed by atoms with Crippen LogP contribution in [0.1, 0.15) is 18.4 Å². The second-order valence-electron chi connectivity index (χ2n) is 4.20. The van der Waals surface area contributed by atoms with Crippen LogP contribution < -0.4 is 14.8 Å². The SMILES string of the molecule is COCCCCNCc1cccc(OC)c1OC(F)F. The van der Waals surface area contributed by atoms with Gasteiger partial charge in [-0.3, -0.25) is 0 Å². The molecule has 0 heterocycles. The van der Waals surface area contributed by atoms with E-state index in [0.29, 0.717) is 17.9 Å². The standard InChI is InChI=1S/C14H21F2NO3/c1-18-9-4-3-8-17-10-11-6-5-7-12(19-2)13(11)20-14(15)16/h5-7,14,17H,3-4,8-10H2,1-2H3. The second-order valence-corrected chi connectivity index (χ2v) is 4.20. The molecule has 0 radical (unpaired) electrons. The van der Waals surface area contributed by atoms with E-state index >= 15 is 0 Å². The summed E-state index contributed by atoms with van der Waals surface area (Å²) in [6.45, 7) is -0.909. The molecule has 0 amide bonds. The lowest BCUT2D eigenvalue weighted by Gasteiger charge is -2.14. The van der Waals surface area contributed by atoms with Gasteiger partial charge in [-0.2, -0.15) is 8.78 Å². The Morgan fingerprint density at radius 2 is 2.00 bits per heavy atom. The van der Waals surface area contributed by atoms with E-state index < -0.39 is 6.61 Å². The predicted molar refractivity (Wildman–Crippen MR) is 72.4 cm³/mol. The van der Waals surface area contributed by atoms with Crippen molar-refractivity contribution in [3.05, 3.63) is 23.8 Å². The van der Waals surface area contributed by atoms with Crippen LogP contribution in [0, 0.1) is 0 Å². The number of rotatable bonds is 10. The minimum Gasteiger partial charge on any atom is -0.493 e. The van der Waals surface area contributed by atoms with Gasteiger partial charge in [0.2, 0.25) is 0 Å². The second kappa shape index (κ2) is 9.50. The van der Waals surface area contributed by atoms with E-state index in [9.17, 15) is 8.78 Å². The van der Waals surface area contributed by atoms with Gasteiger partial charge in [-0.05, 0) is 25.5 Å². The highest BCUT2D eigenvalue weighted by molar-refractivity contribution is 5.46. The molecule has 114 valence electrons. The van der Waals surface area contributed by atoms with Crippen LogP contribution in [0.3, 0.4) is 0 Å². The van der Waals surface area contributed by atoms with E-state index in [2.05, 4.69) is 10.1 Å². The fraction of sp³-hybridized carbons (Fsp3) is 0.571. The number of unbranched alkanes of at least 4 members (excludes halogenated alkanes) is 1. The van der Waals surface area contributed by atoms with Crippen LogP contribution >= 0.6 is 0 Å². The maximum absolute atomic E-state index is 12.4. The first-order valence-electron chi connectivity index (χ1n) is 6.49. The Kier molecular flexibility index (Phi) is 7.91. The minimum absolute atomic E-state index is 0.0920. The Morgan fingerprint density at radius 1 is 1.20 bits per heavy atom. The monoisotopic (exact) mass is 289 g/mol. The molecule has 1 aromatic carbocycles. The van der Waals surface area contributed by atoms with E-state index in [4.69, 9.17) is 9.47 Å². The first-order valence-corrected chi connectivity index (χ1v) is 6.49. The van der Waals surface area contributed by atoms with Crippen molar-refractivity contribution in [3.8, 4) is 11.5 Å². The van der Waals surface area contributed by atoms with E-state index in [1.165, 1.54) is 7.11 Å². The number of ether oxygens (including phenoxy) is 3. The van der Waals surface area contributed by atoms with Crippen LogP contribution in [0.5, 0.6) is 11.5 Å². The summed E-state index contributed by atoms with van der Waals surface area (Å²) < 4.78 is 39.4. The van der Waals surface area contributed by atoms with Crippen LogP contribution in [0.15, 0.2) is 18.2 Å². The number of halogens is 2. The zero-order valence-corrected chi connectivity index (χ0v) is 11.8. The number of alkyl halides is 2. The van der Waals surface area contributed by atoms with Gasteiger partial charge in [0.1, 0.15) is 0 Å². The quantitative estimate of drug-likeness (QED) is 0.672. The van der Waals surface area contributed by atoms with Crippen molar-refractivity contribution >= 4 is 0 Å². The Balaban J connectivity index is 2.55. The van der Waals surface area contributed by atoms with E-state index in [-0.39, 0.29) is 5.75 Å². The summed E-state index contributed by atoms with van der Waals surface area (Å²) in [4.78, 5) is 0. The topological polar surface area (TPSA) is 39.7 Å². The van der Waals surface area contributed by atoms with Crippen molar-refractivity contribution in [1.29, 1.82) is 0 Å². The third kappa shape index (κ3) is 5.71. The molecule has 6 heteroatoms. The average Bonchev–Trinajstić information content (AvgIpc) is 2.43. The lowest BCUT2D eigenvalue weighted by Crippen LogP contribution is -2.17. The molecule has 0 aliphatic rings. The van der Waals surface area contributed by atoms with Crippen LogP contribution in [0.2, 0.25) is 0 Å². The summed E-state index contributed by atoms with van der Waals surface area (Å²) in [6, 6.07) is 5.08. The number of hydrogen-bond donors (Lipinski definition) is 1. The molecule has 0 spiro atoms. The number of nitrogens with one attached hydrogen (secondary N) is 1. The first kappa shape index (κ1) is 16.7. The summed E-state index contributed by atoms with van der Waals surface area (Å²) in [5.41, 5.74) is 0.649. The molecule has 0 saturated carbocycles. The Morgan fingerprint density at radius 3 is 2.65 bits per heavy atom. The Labute approximate surface area is 118 Å². The molecular weight excluding hydrogens is 268 g/mol. The predicted octanol–water partition coefficient (Wildman–Crippen LogP) is 2.81. The first-order chi connectivity index (χ1) is 9.69. The molecule has 1 rings (SSSR count). The van der Waals surface area contributed by atoms with Gasteiger partial charge in [-0.15, -0.1) is 0 Å². The molecule has 0 unspecified atom stereocenters. The fourth-order valence-electron chi connectivity index (χ4n) is 1.80. The summed E-state index contributed by atoms with van der Waals surface area (Å²) in [6.07, 6.45) is 1.92. The zero-order chi connectivity index (χ0) is 14.8. The van der Waals surface area contributed by atoms with Crippen molar-refractivity contribution < 1.29 is 23.0 Å². The third-order valence-corrected chi connectivity index (χ3v) is 2.75. The maximum Gasteiger partial charge on any atom is 0.387 e. The van der Waals surface area contributed by atoms with E-state index in [1.54, 1.807) is 25.3 Å². The summed E-state index contributed by atoms with van der Waals surface area (Å²) in [5.74, 6) is 0.401. The third-order valence-electron chi connectivity index (χ3n) is 2.75. The van der Waals surface area contributed by atoms with Crippen LogP contribution in [-0.4, -0.2) is 34.0 Å². The van der Waals surface area contributed by atoms with E-state index in [0.717, 1.165) is 26.0 Å². The summed E-state index contributed by atoms with van der Waals surface area (Å²) >= 11 is 0. The van der Waals surface area contributed by atoms with Gasteiger partial charge < -0.3 is 19.5 Å². The number of para-hydroxylation sites is 1.